The van der Waals surface area contributed by atoms with Crippen molar-refractivity contribution in [3.05, 3.63) is 51.7 Å². The van der Waals surface area contributed by atoms with Crippen LogP contribution in [-0.2, 0) is 23.0 Å². The molecule has 0 amide bonds. The highest BCUT2D eigenvalue weighted by Gasteiger charge is 2.29. The van der Waals surface area contributed by atoms with Crippen molar-refractivity contribution in [2.45, 2.75) is 37.7 Å². The van der Waals surface area contributed by atoms with Crippen LogP contribution in [0.5, 0.6) is 0 Å². The van der Waals surface area contributed by atoms with Crippen molar-refractivity contribution in [2.75, 3.05) is 0 Å². The Labute approximate surface area is 125 Å². The van der Waals surface area contributed by atoms with Gasteiger partial charge in [0.2, 0.25) is 5.89 Å². The molecule has 3 nitrogen and oxygen atoms in total. The number of benzene rings is 1. The van der Waals surface area contributed by atoms with Gasteiger partial charge in [-0.25, -0.2) is 4.98 Å². The molecule has 0 fully saturated rings. The van der Waals surface area contributed by atoms with Crippen molar-refractivity contribution in [1.29, 1.82) is 0 Å². The van der Waals surface area contributed by atoms with Crippen LogP contribution in [0.2, 0.25) is 5.02 Å². The molecule has 0 radical (unpaired) electrons. The van der Waals surface area contributed by atoms with E-state index in [2.05, 4.69) is 4.98 Å². The van der Waals surface area contributed by atoms with Gasteiger partial charge in [0, 0.05) is 15.8 Å². The van der Waals surface area contributed by atoms with Gasteiger partial charge in [0.25, 0.3) is 0 Å². The number of hydrogen-bond donors (Lipinski definition) is 0. The highest BCUT2D eigenvalue weighted by Crippen LogP contribution is 2.39. The Bertz CT molecular complexity index is 661. The Balaban J connectivity index is 1.82. The van der Waals surface area contributed by atoms with Crippen molar-refractivity contribution in [3.8, 4) is 0 Å². The predicted octanol–water partition coefficient (Wildman–Crippen LogP) is 3.88. The molecule has 1 heterocycles. The quantitative estimate of drug-likeness (QED) is 0.864. The van der Waals surface area contributed by atoms with Crippen LogP contribution in [0.25, 0.3) is 0 Å². The van der Waals surface area contributed by atoms with E-state index in [4.69, 9.17) is 16.0 Å². The van der Waals surface area contributed by atoms with Crippen molar-refractivity contribution >= 4 is 22.4 Å². The Hall–Kier alpha value is -1.13. The minimum absolute atomic E-state index is 0.0382. The monoisotopic (exact) mass is 309 g/mol. The number of rotatable bonds is 3. The summed E-state index contributed by atoms with van der Waals surface area (Å²) in [5.41, 5.74) is 3.13. The molecule has 3 rings (SSSR count). The summed E-state index contributed by atoms with van der Waals surface area (Å²) in [6.07, 6.45) is 1.78. The summed E-state index contributed by atoms with van der Waals surface area (Å²) >= 11 is 6.19. The fraction of sp³-hybridized carbons (Fsp3) is 0.400. The molecular weight excluding hydrogens is 294 g/mol. The van der Waals surface area contributed by atoms with E-state index in [1.165, 1.54) is 0 Å². The lowest BCUT2D eigenvalue weighted by atomic mass is 10.1. The molecule has 0 bridgehead atoms. The molecule has 1 aliphatic rings. The van der Waals surface area contributed by atoms with E-state index in [0.29, 0.717) is 11.6 Å². The summed E-state index contributed by atoms with van der Waals surface area (Å²) in [7, 11) is -1.03. The van der Waals surface area contributed by atoms with Gasteiger partial charge in [0.1, 0.15) is 11.5 Å². The SMILES string of the molecule is Cc1nc(C[S@@](=O)[C@H]2CCc3c(Cl)cccc32)oc1C. The van der Waals surface area contributed by atoms with Gasteiger partial charge in [0.05, 0.1) is 10.9 Å². The molecular formula is C15H16ClNO2S. The van der Waals surface area contributed by atoms with Crippen molar-refractivity contribution in [3.63, 3.8) is 0 Å². The fourth-order valence-electron chi connectivity index (χ4n) is 2.67. The maximum atomic E-state index is 12.6. The van der Waals surface area contributed by atoms with E-state index in [-0.39, 0.29) is 5.25 Å². The number of hydrogen-bond acceptors (Lipinski definition) is 3. The highest BCUT2D eigenvalue weighted by molar-refractivity contribution is 7.84. The second kappa shape index (κ2) is 5.34. The van der Waals surface area contributed by atoms with E-state index in [1.807, 2.05) is 32.0 Å². The van der Waals surface area contributed by atoms with E-state index in [0.717, 1.165) is 40.4 Å². The zero-order valence-corrected chi connectivity index (χ0v) is 13.1. The van der Waals surface area contributed by atoms with Gasteiger partial charge < -0.3 is 4.42 Å². The van der Waals surface area contributed by atoms with E-state index >= 15 is 0 Å². The van der Waals surface area contributed by atoms with Gasteiger partial charge in [0.15, 0.2) is 0 Å². The predicted molar refractivity (Wildman–Crippen MR) is 80.3 cm³/mol. The van der Waals surface area contributed by atoms with Crippen LogP contribution in [0.4, 0.5) is 0 Å². The Morgan fingerprint density at radius 2 is 2.25 bits per heavy atom. The lowest BCUT2D eigenvalue weighted by Gasteiger charge is -2.10. The summed E-state index contributed by atoms with van der Waals surface area (Å²) in [6, 6.07) is 5.85. The Morgan fingerprint density at radius 3 is 2.95 bits per heavy atom. The highest BCUT2D eigenvalue weighted by atomic mass is 35.5. The van der Waals surface area contributed by atoms with Gasteiger partial charge in [-0.1, -0.05) is 23.7 Å². The zero-order valence-electron chi connectivity index (χ0n) is 11.5. The average molecular weight is 310 g/mol. The minimum atomic E-state index is -1.03. The first kappa shape index (κ1) is 13.8. The molecule has 20 heavy (non-hydrogen) atoms. The third-order valence-electron chi connectivity index (χ3n) is 3.81. The van der Waals surface area contributed by atoms with Gasteiger partial charge in [-0.05, 0) is 43.9 Å². The topological polar surface area (TPSA) is 43.1 Å². The van der Waals surface area contributed by atoms with Crippen LogP contribution >= 0.6 is 11.6 Å². The minimum Gasteiger partial charge on any atom is -0.445 e. The largest absolute Gasteiger partial charge is 0.445 e. The molecule has 0 N–H and O–H groups in total. The first-order valence-electron chi connectivity index (χ1n) is 6.63. The molecule has 0 unspecified atom stereocenters. The molecule has 106 valence electrons. The smallest absolute Gasteiger partial charge is 0.207 e. The third kappa shape index (κ3) is 2.42. The number of fused-ring (bicyclic) bond motifs is 1. The summed E-state index contributed by atoms with van der Waals surface area (Å²) < 4.78 is 18.1. The average Bonchev–Trinajstić information content (AvgIpc) is 2.95. The van der Waals surface area contributed by atoms with Crippen LogP contribution in [0.15, 0.2) is 22.6 Å². The fourth-order valence-corrected chi connectivity index (χ4v) is 4.40. The number of halogens is 1. The molecule has 2 atom stereocenters. The van der Waals surface area contributed by atoms with Gasteiger partial charge in [-0.2, -0.15) is 0 Å². The standard InChI is InChI=1S/C15H16ClNO2S/c1-9-10(2)19-15(17-9)8-20(18)14-7-6-11-12(14)4-3-5-13(11)16/h3-5,14H,6-8H2,1-2H3/t14-,20+/m0/s1. The van der Waals surface area contributed by atoms with Gasteiger partial charge in [-0.3, -0.25) is 4.21 Å². The van der Waals surface area contributed by atoms with E-state index < -0.39 is 10.8 Å². The van der Waals surface area contributed by atoms with E-state index in [9.17, 15) is 4.21 Å². The van der Waals surface area contributed by atoms with Crippen LogP contribution in [0.1, 0.15) is 40.1 Å². The molecule has 0 saturated carbocycles. The summed E-state index contributed by atoms with van der Waals surface area (Å²) in [5, 5.41) is 0.820. The van der Waals surface area contributed by atoms with Crippen molar-refractivity contribution in [2.24, 2.45) is 0 Å². The molecule has 1 aromatic carbocycles. The van der Waals surface area contributed by atoms with Crippen LogP contribution in [0.3, 0.4) is 0 Å². The third-order valence-corrected chi connectivity index (χ3v) is 5.82. The van der Waals surface area contributed by atoms with Crippen molar-refractivity contribution < 1.29 is 8.63 Å². The van der Waals surface area contributed by atoms with Crippen molar-refractivity contribution in [1.82, 2.24) is 4.98 Å². The summed E-state index contributed by atoms with van der Waals surface area (Å²) in [5.74, 6) is 1.73. The van der Waals surface area contributed by atoms with Crippen LogP contribution < -0.4 is 0 Å². The summed E-state index contributed by atoms with van der Waals surface area (Å²) in [6.45, 7) is 3.77. The molecule has 0 spiro atoms. The number of aromatic nitrogens is 1. The maximum Gasteiger partial charge on any atom is 0.207 e. The van der Waals surface area contributed by atoms with Gasteiger partial charge in [-0.15, -0.1) is 0 Å². The number of nitrogens with zero attached hydrogens (tertiary/aromatic N) is 1. The molecule has 1 aliphatic carbocycles. The maximum absolute atomic E-state index is 12.6. The second-order valence-electron chi connectivity index (χ2n) is 5.11. The first-order valence-corrected chi connectivity index (χ1v) is 8.39. The lowest BCUT2D eigenvalue weighted by molar-refractivity contribution is 0.487. The normalized spacial score (nSPS) is 19.1. The molecule has 2 aromatic rings. The molecule has 0 aliphatic heterocycles. The zero-order chi connectivity index (χ0) is 14.3. The van der Waals surface area contributed by atoms with Gasteiger partial charge >= 0.3 is 0 Å². The number of oxazole rings is 1. The lowest BCUT2D eigenvalue weighted by Crippen LogP contribution is -2.06. The molecule has 1 aromatic heterocycles. The number of aryl methyl sites for hydroxylation is 2. The summed E-state index contributed by atoms with van der Waals surface area (Å²) in [4.78, 5) is 4.31. The molecule has 0 saturated heterocycles. The van der Waals surface area contributed by atoms with Crippen LogP contribution in [0, 0.1) is 13.8 Å². The van der Waals surface area contributed by atoms with Crippen LogP contribution in [-0.4, -0.2) is 9.19 Å². The Morgan fingerprint density at radius 1 is 1.45 bits per heavy atom. The molecule has 5 heteroatoms. The van der Waals surface area contributed by atoms with E-state index in [1.54, 1.807) is 0 Å². The Kier molecular flexibility index (Phi) is 3.69. The first-order chi connectivity index (χ1) is 9.56. The second-order valence-corrected chi connectivity index (χ2v) is 7.14.